The first-order chi connectivity index (χ1) is 13.0. The van der Waals surface area contributed by atoms with Crippen LogP contribution >= 0.6 is 23.2 Å². The lowest BCUT2D eigenvalue weighted by molar-refractivity contribution is -0.112. The van der Waals surface area contributed by atoms with Gasteiger partial charge >= 0.3 is 0 Å². The third-order valence-electron chi connectivity index (χ3n) is 3.88. The van der Waals surface area contributed by atoms with Gasteiger partial charge in [-0.25, -0.2) is 0 Å². The number of benzene rings is 2. The summed E-state index contributed by atoms with van der Waals surface area (Å²) in [5, 5.41) is 13.0. The number of carbonyl (C=O) groups is 1. The Balaban J connectivity index is 1.87. The van der Waals surface area contributed by atoms with Crippen LogP contribution < -0.4 is 5.32 Å². The van der Waals surface area contributed by atoms with Crippen LogP contribution in [0, 0.1) is 18.3 Å². The monoisotopic (exact) mass is 396 g/mol. The average molecular weight is 397 g/mol. The second-order valence-corrected chi connectivity index (χ2v) is 6.55. The van der Waals surface area contributed by atoms with Crippen LogP contribution in [0.1, 0.15) is 11.3 Å². The molecule has 0 fully saturated rings. The number of aryl methyl sites for hydroxylation is 1. The molecule has 1 N–H and O–H groups in total. The molecule has 0 unspecified atom stereocenters. The molecule has 0 aliphatic carbocycles. The number of furan rings is 1. The summed E-state index contributed by atoms with van der Waals surface area (Å²) in [4.78, 5) is 12.4. The fraction of sp³-hybridized carbons (Fsp3) is 0.0476. The van der Waals surface area contributed by atoms with Crippen LogP contribution in [0.4, 0.5) is 5.69 Å². The van der Waals surface area contributed by atoms with Crippen molar-refractivity contribution >= 4 is 40.9 Å². The van der Waals surface area contributed by atoms with Gasteiger partial charge in [0.2, 0.25) is 0 Å². The molecular formula is C21H14Cl2N2O2. The first kappa shape index (κ1) is 18.8. The van der Waals surface area contributed by atoms with Crippen molar-refractivity contribution in [2.75, 3.05) is 5.32 Å². The Labute approximate surface area is 166 Å². The zero-order chi connectivity index (χ0) is 19.4. The average Bonchev–Trinajstić information content (AvgIpc) is 3.09. The molecule has 1 heterocycles. The van der Waals surface area contributed by atoms with Crippen molar-refractivity contribution in [2.45, 2.75) is 6.92 Å². The van der Waals surface area contributed by atoms with E-state index < -0.39 is 5.91 Å². The molecule has 0 bridgehead atoms. The number of halogens is 2. The molecule has 0 saturated carbocycles. The lowest BCUT2D eigenvalue weighted by atomic mass is 10.1. The van der Waals surface area contributed by atoms with Crippen LogP contribution in [0.2, 0.25) is 10.0 Å². The molecular weight excluding hydrogens is 383 g/mol. The van der Waals surface area contributed by atoms with Crippen LogP contribution in [0.25, 0.3) is 17.4 Å². The maximum Gasteiger partial charge on any atom is 0.266 e. The van der Waals surface area contributed by atoms with Crippen molar-refractivity contribution in [3.8, 4) is 17.4 Å². The maximum atomic E-state index is 12.4. The number of carbonyl (C=O) groups excluding carboxylic acids is 1. The summed E-state index contributed by atoms with van der Waals surface area (Å²) in [7, 11) is 0. The predicted molar refractivity (Wildman–Crippen MR) is 108 cm³/mol. The molecule has 0 spiro atoms. The van der Waals surface area contributed by atoms with Crippen LogP contribution in [0.3, 0.4) is 0 Å². The van der Waals surface area contributed by atoms with Gasteiger partial charge in [0.1, 0.15) is 23.2 Å². The number of hydrogen-bond acceptors (Lipinski definition) is 3. The van der Waals surface area contributed by atoms with E-state index in [1.54, 1.807) is 36.4 Å². The van der Waals surface area contributed by atoms with Crippen LogP contribution in [0.15, 0.2) is 64.6 Å². The van der Waals surface area contributed by atoms with E-state index in [-0.39, 0.29) is 5.57 Å². The summed E-state index contributed by atoms with van der Waals surface area (Å²) in [5.74, 6) is 0.284. The molecule has 6 heteroatoms. The van der Waals surface area contributed by atoms with Gasteiger partial charge in [0.25, 0.3) is 5.91 Å². The zero-order valence-corrected chi connectivity index (χ0v) is 15.8. The Bertz CT molecular complexity index is 1060. The minimum atomic E-state index is -0.513. The standard InChI is InChI=1S/C21H14Cl2N2O2/c1-13-5-2-3-8-18(13)25-21(26)14(12-24)11-15-9-10-19(27-15)20-16(22)6-4-7-17(20)23/h2-11H,1H3,(H,25,26). The Morgan fingerprint density at radius 3 is 2.44 bits per heavy atom. The normalized spacial score (nSPS) is 11.1. The summed E-state index contributed by atoms with van der Waals surface area (Å²) < 4.78 is 5.71. The van der Waals surface area contributed by atoms with Gasteiger partial charge in [0.15, 0.2) is 0 Å². The Morgan fingerprint density at radius 2 is 1.78 bits per heavy atom. The number of nitrogens with zero attached hydrogens (tertiary/aromatic N) is 1. The lowest BCUT2D eigenvalue weighted by Crippen LogP contribution is -2.14. The number of nitriles is 1. The van der Waals surface area contributed by atoms with Crippen molar-refractivity contribution in [1.82, 2.24) is 0 Å². The lowest BCUT2D eigenvalue weighted by Gasteiger charge is -2.06. The number of amides is 1. The van der Waals surface area contributed by atoms with Gasteiger partial charge < -0.3 is 9.73 Å². The number of anilines is 1. The van der Waals surface area contributed by atoms with E-state index in [2.05, 4.69) is 5.32 Å². The first-order valence-electron chi connectivity index (χ1n) is 8.02. The minimum absolute atomic E-state index is 0.0793. The summed E-state index contributed by atoms with van der Waals surface area (Å²) in [6, 6.07) is 17.7. The van der Waals surface area contributed by atoms with Crippen LogP contribution in [-0.2, 0) is 4.79 Å². The van der Waals surface area contributed by atoms with Crippen molar-refractivity contribution in [2.24, 2.45) is 0 Å². The number of hydrogen-bond donors (Lipinski definition) is 1. The van der Waals surface area contributed by atoms with Crippen molar-refractivity contribution in [3.63, 3.8) is 0 Å². The summed E-state index contributed by atoms with van der Waals surface area (Å²) in [5.41, 5.74) is 2.02. The maximum absolute atomic E-state index is 12.4. The highest BCUT2D eigenvalue weighted by molar-refractivity contribution is 6.39. The van der Waals surface area contributed by atoms with E-state index in [0.717, 1.165) is 5.56 Å². The summed E-state index contributed by atoms with van der Waals surface area (Å²) in [6.07, 6.45) is 1.38. The highest BCUT2D eigenvalue weighted by atomic mass is 35.5. The quantitative estimate of drug-likeness (QED) is 0.427. The van der Waals surface area contributed by atoms with Gasteiger partial charge in [-0.15, -0.1) is 0 Å². The highest BCUT2D eigenvalue weighted by Crippen LogP contribution is 2.35. The zero-order valence-electron chi connectivity index (χ0n) is 14.3. The van der Waals surface area contributed by atoms with Gasteiger partial charge in [-0.1, -0.05) is 47.5 Å². The molecule has 3 aromatic rings. The van der Waals surface area contributed by atoms with Gasteiger partial charge in [-0.2, -0.15) is 5.26 Å². The van der Waals surface area contributed by atoms with Gasteiger partial charge in [0, 0.05) is 11.8 Å². The third-order valence-corrected chi connectivity index (χ3v) is 4.51. The summed E-state index contributed by atoms with van der Waals surface area (Å²) >= 11 is 12.4. The predicted octanol–water partition coefficient (Wildman–Crippen LogP) is 6.11. The van der Waals surface area contributed by atoms with Crippen molar-refractivity contribution < 1.29 is 9.21 Å². The second-order valence-electron chi connectivity index (χ2n) is 5.74. The van der Waals surface area contributed by atoms with Crippen molar-refractivity contribution in [3.05, 3.63) is 81.5 Å². The van der Waals surface area contributed by atoms with E-state index in [4.69, 9.17) is 27.6 Å². The highest BCUT2D eigenvalue weighted by Gasteiger charge is 2.14. The molecule has 134 valence electrons. The fourth-order valence-electron chi connectivity index (χ4n) is 2.49. The molecule has 4 nitrogen and oxygen atoms in total. The summed E-state index contributed by atoms with van der Waals surface area (Å²) in [6.45, 7) is 1.87. The largest absolute Gasteiger partial charge is 0.457 e. The van der Waals surface area contributed by atoms with E-state index >= 15 is 0 Å². The number of nitrogens with one attached hydrogen (secondary N) is 1. The number of rotatable bonds is 4. The molecule has 0 atom stereocenters. The second kappa shape index (κ2) is 8.13. The SMILES string of the molecule is Cc1ccccc1NC(=O)C(C#N)=Cc1ccc(-c2c(Cl)cccc2Cl)o1. The smallest absolute Gasteiger partial charge is 0.266 e. The molecule has 0 saturated heterocycles. The van der Waals surface area contributed by atoms with Gasteiger partial charge in [-0.05, 0) is 42.8 Å². The Hall–Kier alpha value is -3.00. The number of para-hydroxylation sites is 1. The molecule has 27 heavy (non-hydrogen) atoms. The first-order valence-corrected chi connectivity index (χ1v) is 8.78. The van der Waals surface area contributed by atoms with Crippen molar-refractivity contribution in [1.29, 1.82) is 5.26 Å². The molecule has 0 radical (unpaired) electrons. The third kappa shape index (κ3) is 4.22. The molecule has 1 amide bonds. The van der Waals surface area contributed by atoms with E-state index in [1.807, 2.05) is 31.2 Å². The van der Waals surface area contributed by atoms with Gasteiger partial charge in [0.05, 0.1) is 15.6 Å². The molecule has 0 aliphatic heterocycles. The van der Waals surface area contributed by atoms with E-state index in [1.165, 1.54) is 6.08 Å². The van der Waals surface area contributed by atoms with E-state index in [9.17, 15) is 10.1 Å². The molecule has 0 aliphatic rings. The fourth-order valence-corrected chi connectivity index (χ4v) is 3.08. The molecule has 1 aromatic heterocycles. The topological polar surface area (TPSA) is 66.0 Å². The van der Waals surface area contributed by atoms with Crippen LogP contribution in [0.5, 0.6) is 0 Å². The molecule has 2 aromatic carbocycles. The van der Waals surface area contributed by atoms with E-state index in [0.29, 0.717) is 32.8 Å². The Morgan fingerprint density at radius 1 is 1.07 bits per heavy atom. The minimum Gasteiger partial charge on any atom is -0.457 e. The van der Waals surface area contributed by atoms with Crippen LogP contribution in [-0.4, -0.2) is 5.91 Å². The van der Waals surface area contributed by atoms with Gasteiger partial charge in [-0.3, -0.25) is 4.79 Å². The molecule has 3 rings (SSSR count). The Kier molecular flexibility index (Phi) is 5.66.